The van der Waals surface area contributed by atoms with Crippen molar-refractivity contribution in [1.29, 1.82) is 0 Å². The summed E-state index contributed by atoms with van der Waals surface area (Å²) in [5.74, 6) is 0. The minimum Gasteiger partial charge on any atom is -1.00 e. The minimum absolute atomic E-state index is 0. The van der Waals surface area contributed by atoms with E-state index in [9.17, 15) is 8.42 Å². The molecule has 2 aromatic rings. The van der Waals surface area contributed by atoms with Gasteiger partial charge in [-0.1, -0.05) is 30.3 Å². The van der Waals surface area contributed by atoms with E-state index in [4.69, 9.17) is 9.47 Å². The second-order valence-corrected chi connectivity index (χ2v) is 9.59. The van der Waals surface area contributed by atoms with Gasteiger partial charge in [-0.25, -0.2) is 8.42 Å². The molecule has 3 rings (SSSR count). The highest BCUT2D eigenvalue weighted by Crippen LogP contribution is 2.27. The third-order valence-corrected chi connectivity index (χ3v) is 6.08. The molecule has 0 amide bonds. The molecule has 7 heteroatoms. The molecule has 0 unspecified atom stereocenters. The van der Waals surface area contributed by atoms with Crippen molar-refractivity contribution in [3.05, 3.63) is 60.2 Å². The lowest BCUT2D eigenvalue weighted by Gasteiger charge is -2.34. The van der Waals surface area contributed by atoms with E-state index in [-0.39, 0.29) is 41.1 Å². The maximum absolute atomic E-state index is 12.7. The standard InChI is InChI=1S/C20H26NO4S.HI/c1-21(2,3)13-17-14-24-15-20(25-17)16-9-11-19(12-10-16)26(22,23)18-7-5-4-6-8-18;/h4-12,17,20H,13-15H2,1-3H3;1H/q+1;/p-1/t17-,20+;/m1./s1. The zero-order valence-electron chi connectivity index (χ0n) is 15.8. The van der Waals surface area contributed by atoms with Gasteiger partial charge in [0, 0.05) is 0 Å². The van der Waals surface area contributed by atoms with Gasteiger partial charge in [-0.15, -0.1) is 0 Å². The van der Waals surface area contributed by atoms with E-state index in [0.29, 0.717) is 18.1 Å². The van der Waals surface area contributed by atoms with Gasteiger partial charge in [0.05, 0.1) is 44.1 Å². The summed E-state index contributed by atoms with van der Waals surface area (Å²) in [6, 6.07) is 15.4. The van der Waals surface area contributed by atoms with Crippen LogP contribution in [0, 0.1) is 0 Å². The van der Waals surface area contributed by atoms with Gasteiger partial charge in [-0.2, -0.15) is 0 Å². The Hall–Kier alpha value is -1.000. The second-order valence-electron chi connectivity index (χ2n) is 7.64. The van der Waals surface area contributed by atoms with Crippen molar-refractivity contribution in [2.24, 2.45) is 0 Å². The summed E-state index contributed by atoms with van der Waals surface area (Å²) in [6.07, 6.45) is -0.143. The fourth-order valence-corrected chi connectivity index (χ4v) is 4.38. The monoisotopic (exact) mass is 503 g/mol. The third kappa shape index (κ3) is 5.74. The van der Waals surface area contributed by atoms with Crippen LogP contribution in [0.4, 0.5) is 0 Å². The summed E-state index contributed by atoms with van der Waals surface area (Å²) in [7, 11) is 2.87. The van der Waals surface area contributed by atoms with Crippen molar-refractivity contribution in [1.82, 2.24) is 0 Å². The van der Waals surface area contributed by atoms with Crippen LogP contribution < -0.4 is 24.0 Å². The molecule has 1 aliphatic rings. The van der Waals surface area contributed by atoms with E-state index in [0.717, 1.165) is 16.6 Å². The van der Waals surface area contributed by atoms with Crippen LogP contribution in [0.5, 0.6) is 0 Å². The van der Waals surface area contributed by atoms with Gasteiger partial charge in [-0.3, -0.25) is 0 Å². The Morgan fingerprint density at radius 1 is 0.926 bits per heavy atom. The van der Waals surface area contributed by atoms with E-state index in [2.05, 4.69) is 21.1 Å². The molecule has 0 spiro atoms. The van der Waals surface area contributed by atoms with Gasteiger partial charge in [0.15, 0.2) is 0 Å². The molecule has 0 radical (unpaired) electrons. The summed E-state index contributed by atoms with van der Waals surface area (Å²) in [6.45, 7) is 1.93. The molecule has 1 saturated heterocycles. The first-order valence-corrected chi connectivity index (χ1v) is 10.2. The van der Waals surface area contributed by atoms with Crippen LogP contribution in [0.25, 0.3) is 0 Å². The fourth-order valence-electron chi connectivity index (χ4n) is 3.10. The Labute approximate surface area is 178 Å². The molecule has 1 aliphatic heterocycles. The number of ether oxygens (including phenoxy) is 2. The molecule has 0 bridgehead atoms. The van der Waals surface area contributed by atoms with E-state index in [1.165, 1.54) is 0 Å². The summed E-state index contributed by atoms with van der Waals surface area (Å²) >= 11 is 0. The lowest BCUT2D eigenvalue weighted by atomic mass is 10.1. The first kappa shape index (κ1) is 22.3. The van der Waals surface area contributed by atoms with Crippen LogP contribution in [-0.4, -0.2) is 59.9 Å². The van der Waals surface area contributed by atoms with Gasteiger partial charge in [0.2, 0.25) is 9.84 Å². The predicted molar refractivity (Wildman–Crippen MR) is 99.7 cm³/mol. The van der Waals surface area contributed by atoms with Crippen molar-refractivity contribution in [2.75, 3.05) is 40.9 Å². The first-order chi connectivity index (χ1) is 12.3. The predicted octanol–water partition coefficient (Wildman–Crippen LogP) is -0.314. The summed E-state index contributed by atoms with van der Waals surface area (Å²) in [5.41, 5.74) is 0.933. The van der Waals surface area contributed by atoms with Crippen LogP contribution in [0.15, 0.2) is 64.4 Å². The molecular formula is C20H26INO4S. The van der Waals surface area contributed by atoms with Crippen molar-refractivity contribution >= 4 is 9.84 Å². The van der Waals surface area contributed by atoms with Crippen LogP contribution in [0.3, 0.4) is 0 Å². The lowest BCUT2D eigenvalue weighted by Crippen LogP contribution is -3.00. The molecule has 5 nitrogen and oxygen atoms in total. The van der Waals surface area contributed by atoms with Crippen molar-refractivity contribution in [2.45, 2.75) is 22.0 Å². The molecule has 148 valence electrons. The van der Waals surface area contributed by atoms with Gasteiger partial charge < -0.3 is 37.9 Å². The number of hydrogen-bond donors (Lipinski definition) is 0. The van der Waals surface area contributed by atoms with Gasteiger partial charge in [-0.05, 0) is 29.8 Å². The quantitative estimate of drug-likeness (QED) is 0.415. The Morgan fingerprint density at radius 3 is 2.11 bits per heavy atom. The normalized spacial score (nSPS) is 20.7. The van der Waals surface area contributed by atoms with Gasteiger partial charge in [0.1, 0.15) is 18.8 Å². The largest absolute Gasteiger partial charge is 1.00 e. The maximum atomic E-state index is 12.7. The third-order valence-electron chi connectivity index (χ3n) is 4.30. The average molecular weight is 503 g/mol. The number of nitrogens with zero attached hydrogens (tertiary/aromatic N) is 1. The SMILES string of the molecule is C[N+](C)(C)C[C@@H]1COC[C@@H](c2ccc(S(=O)(=O)c3ccccc3)cc2)O1.[I-]. The van der Waals surface area contributed by atoms with Crippen LogP contribution >= 0.6 is 0 Å². The molecule has 1 heterocycles. The Morgan fingerprint density at radius 2 is 1.52 bits per heavy atom. The minimum atomic E-state index is -3.50. The number of sulfone groups is 1. The lowest BCUT2D eigenvalue weighted by molar-refractivity contribution is -0.874. The highest BCUT2D eigenvalue weighted by molar-refractivity contribution is 7.91. The fraction of sp³-hybridized carbons (Fsp3) is 0.400. The molecule has 27 heavy (non-hydrogen) atoms. The molecule has 0 aromatic heterocycles. The highest BCUT2D eigenvalue weighted by atomic mass is 127. The molecule has 1 fully saturated rings. The summed E-state index contributed by atoms with van der Waals surface area (Å²) in [4.78, 5) is 0.583. The van der Waals surface area contributed by atoms with Crippen LogP contribution in [0.1, 0.15) is 11.7 Å². The van der Waals surface area contributed by atoms with E-state index < -0.39 is 9.84 Å². The topological polar surface area (TPSA) is 52.6 Å². The molecule has 2 aromatic carbocycles. The molecule has 0 saturated carbocycles. The van der Waals surface area contributed by atoms with E-state index >= 15 is 0 Å². The highest BCUT2D eigenvalue weighted by Gasteiger charge is 2.28. The van der Waals surface area contributed by atoms with Crippen LogP contribution in [0.2, 0.25) is 0 Å². The smallest absolute Gasteiger partial charge is 0.206 e. The van der Waals surface area contributed by atoms with Crippen molar-refractivity contribution in [3.63, 3.8) is 0 Å². The number of rotatable bonds is 5. The number of hydrogen-bond acceptors (Lipinski definition) is 4. The van der Waals surface area contributed by atoms with Crippen molar-refractivity contribution < 1.29 is 46.4 Å². The average Bonchev–Trinajstić information content (AvgIpc) is 2.61. The number of quaternary nitrogens is 1. The Bertz CT molecular complexity index is 833. The van der Waals surface area contributed by atoms with E-state index in [1.807, 2.05) is 12.1 Å². The first-order valence-electron chi connectivity index (χ1n) is 8.69. The van der Waals surface area contributed by atoms with Gasteiger partial charge >= 0.3 is 0 Å². The number of halogens is 1. The number of likely N-dealkylation sites (N-methyl/N-ethyl adjacent to an activating group) is 1. The van der Waals surface area contributed by atoms with E-state index in [1.54, 1.807) is 42.5 Å². The van der Waals surface area contributed by atoms with Crippen LogP contribution in [-0.2, 0) is 19.3 Å². The Balaban J connectivity index is 0.00000261. The zero-order valence-corrected chi connectivity index (χ0v) is 18.8. The summed E-state index contributed by atoms with van der Waals surface area (Å²) < 4.78 is 38.0. The molecule has 0 N–H and O–H groups in total. The van der Waals surface area contributed by atoms with Gasteiger partial charge in [0.25, 0.3) is 0 Å². The number of benzene rings is 2. The Kier molecular flexibility index (Phi) is 7.43. The summed E-state index contributed by atoms with van der Waals surface area (Å²) in [5, 5.41) is 0. The van der Waals surface area contributed by atoms with Crippen molar-refractivity contribution in [3.8, 4) is 0 Å². The second kappa shape index (κ2) is 9.00. The molecule has 0 aliphatic carbocycles. The maximum Gasteiger partial charge on any atom is 0.206 e. The molecule has 2 atom stereocenters. The molecular weight excluding hydrogens is 477 g/mol. The zero-order chi connectivity index (χ0) is 18.8.